The molecule has 0 aliphatic carbocycles. The number of rotatable bonds is 3. The van der Waals surface area contributed by atoms with Crippen molar-refractivity contribution in [3.8, 4) is 22.8 Å². The highest BCUT2D eigenvalue weighted by atomic mass is 16.5. The zero-order chi connectivity index (χ0) is 16.6. The number of methoxy groups -OCH3 is 2. The fraction of sp³-hybridized carbons (Fsp3) is 0.167. The molecule has 2 aromatic carbocycles. The zero-order valence-electron chi connectivity index (χ0n) is 13.2. The van der Waals surface area contributed by atoms with Crippen molar-refractivity contribution in [3.05, 3.63) is 52.2 Å². The lowest BCUT2D eigenvalue weighted by molar-refractivity contribution is 0.396. The van der Waals surface area contributed by atoms with E-state index in [4.69, 9.17) is 19.6 Å². The lowest BCUT2D eigenvalue weighted by Crippen LogP contribution is -2.03. The number of hydrogen-bond acceptors (Lipinski definition) is 5. The van der Waals surface area contributed by atoms with E-state index in [0.717, 1.165) is 11.1 Å². The van der Waals surface area contributed by atoms with Crippen molar-refractivity contribution >= 4 is 16.7 Å². The van der Waals surface area contributed by atoms with Crippen LogP contribution in [0.5, 0.6) is 11.5 Å². The van der Waals surface area contributed by atoms with Gasteiger partial charge < -0.3 is 19.6 Å². The van der Waals surface area contributed by atoms with Crippen molar-refractivity contribution in [3.63, 3.8) is 0 Å². The maximum absolute atomic E-state index is 12.5. The van der Waals surface area contributed by atoms with Crippen LogP contribution < -0.4 is 20.6 Å². The molecule has 2 N–H and O–H groups in total. The summed E-state index contributed by atoms with van der Waals surface area (Å²) in [6.45, 7) is 1.92. The van der Waals surface area contributed by atoms with E-state index in [0.29, 0.717) is 33.9 Å². The predicted octanol–water partition coefficient (Wildman–Crippen LogP) is 3.37. The van der Waals surface area contributed by atoms with Crippen LogP contribution in [0.3, 0.4) is 0 Å². The molecule has 0 radical (unpaired) electrons. The van der Waals surface area contributed by atoms with E-state index < -0.39 is 0 Å². The summed E-state index contributed by atoms with van der Waals surface area (Å²) < 4.78 is 16.4. The van der Waals surface area contributed by atoms with Gasteiger partial charge in [-0.05, 0) is 18.6 Å². The summed E-state index contributed by atoms with van der Waals surface area (Å²) in [6, 6.07) is 10.3. The van der Waals surface area contributed by atoms with Crippen LogP contribution in [-0.4, -0.2) is 14.2 Å². The van der Waals surface area contributed by atoms with Gasteiger partial charge in [-0.25, -0.2) is 0 Å². The molecule has 0 saturated heterocycles. The average molecular weight is 311 g/mol. The number of nitrogens with two attached hydrogens (primary N) is 1. The third-order valence-electron chi connectivity index (χ3n) is 3.79. The maximum Gasteiger partial charge on any atom is 0.197 e. The summed E-state index contributed by atoms with van der Waals surface area (Å²) in [5, 5.41) is 0.386. The summed E-state index contributed by atoms with van der Waals surface area (Å²) in [4.78, 5) is 12.5. The largest absolute Gasteiger partial charge is 0.496 e. The Hall–Kier alpha value is -2.95. The van der Waals surface area contributed by atoms with Gasteiger partial charge in [0, 0.05) is 29.4 Å². The molecule has 0 aliphatic rings. The number of aryl methyl sites for hydroxylation is 1. The molecule has 3 aromatic rings. The van der Waals surface area contributed by atoms with Gasteiger partial charge >= 0.3 is 0 Å². The molecule has 5 nitrogen and oxygen atoms in total. The average Bonchev–Trinajstić information content (AvgIpc) is 2.55. The Morgan fingerprint density at radius 2 is 1.83 bits per heavy atom. The third-order valence-corrected chi connectivity index (χ3v) is 3.79. The third kappa shape index (κ3) is 2.61. The molecule has 0 fully saturated rings. The highest BCUT2D eigenvalue weighted by molar-refractivity contribution is 5.86. The van der Waals surface area contributed by atoms with E-state index in [9.17, 15) is 4.79 Å². The first-order chi connectivity index (χ1) is 11.0. The van der Waals surface area contributed by atoms with Crippen LogP contribution in [0.2, 0.25) is 0 Å². The molecule has 0 saturated carbocycles. The highest BCUT2D eigenvalue weighted by Crippen LogP contribution is 2.32. The fourth-order valence-corrected chi connectivity index (χ4v) is 2.44. The van der Waals surface area contributed by atoms with Crippen molar-refractivity contribution in [2.75, 3.05) is 20.0 Å². The van der Waals surface area contributed by atoms with E-state index in [1.165, 1.54) is 13.2 Å². The molecule has 1 aromatic heterocycles. The molecule has 0 atom stereocenters. The summed E-state index contributed by atoms with van der Waals surface area (Å²) >= 11 is 0. The van der Waals surface area contributed by atoms with Gasteiger partial charge in [0.25, 0.3) is 0 Å². The number of benzene rings is 2. The van der Waals surface area contributed by atoms with E-state index in [2.05, 4.69) is 0 Å². The van der Waals surface area contributed by atoms with Crippen LogP contribution in [0, 0.1) is 6.92 Å². The zero-order valence-corrected chi connectivity index (χ0v) is 13.2. The van der Waals surface area contributed by atoms with E-state index in [1.807, 2.05) is 19.1 Å². The summed E-state index contributed by atoms with van der Waals surface area (Å²) in [7, 11) is 3.05. The van der Waals surface area contributed by atoms with Gasteiger partial charge in [0.2, 0.25) is 0 Å². The first kappa shape index (κ1) is 15.0. The minimum Gasteiger partial charge on any atom is -0.496 e. The number of hydrogen-bond donors (Lipinski definition) is 1. The van der Waals surface area contributed by atoms with Gasteiger partial charge in [0.05, 0.1) is 14.2 Å². The van der Waals surface area contributed by atoms with Crippen molar-refractivity contribution < 1.29 is 13.9 Å². The second kappa shape index (κ2) is 5.68. The van der Waals surface area contributed by atoms with Crippen LogP contribution in [0.1, 0.15) is 5.56 Å². The minimum atomic E-state index is -0.181. The van der Waals surface area contributed by atoms with Crippen LogP contribution in [0.4, 0.5) is 5.69 Å². The van der Waals surface area contributed by atoms with Crippen molar-refractivity contribution in [2.45, 2.75) is 6.92 Å². The smallest absolute Gasteiger partial charge is 0.197 e. The molecular weight excluding hydrogens is 294 g/mol. The van der Waals surface area contributed by atoms with Gasteiger partial charge in [0.1, 0.15) is 28.2 Å². The minimum absolute atomic E-state index is 0.181. The molecule has 0 aliphatic heterocycles. The molecule has 5 heteroatoms. The Morgan fingerprint density at radius 3 is 2.48 bits per heavy atom. The van der Waals surface area contributed by atoms with E-state index >= 15 is 0 Å². The van der Waals surface area contributed by atoms with Gasteiger partial charge in [-0.1, -0.05) is 12.1 Å². The molecule has 0 amide bonds. The number of anilines is 1. The number of ether oxygens (including phenoxy) is 2. The Labute approximate surface area is 133 Å². The molecule has 118 valence electrons. The van der Waals surface area contributed by atoms with Gasteiger partial charge in [0.15, 0.2) is 5.43 Å². The van der Waals surface area contributed by atoms with E-state index in [1.54, 1.807) is 25.3 Å². The Kier molecular flexibility index (Phi) is 3.70. The molecule has 23 heavy (non-hydrogen) atoms. The van der Waals surface area contributed by atoms with Crippen molar-refractivity contribution in [2.24, 2.45) is 0 Å². The second-order valence-electron chi connectivity index (χ2n) is 5.25. The Bertz CT molecular complexity index is 944. The first-order valence-corrected chi connectivity index (χ1v) is 7.10. The lowest BCUT2D eigenvalue weighted by Gasteiger charge is -2.10. The highest BCUT2D eigenvalue weighted by Gasteiger charge is 2.14. The van der Waals surface area contributed by atoms with Gasteiger partial charge in [-0.2, -0.15) is 0 Å². The topological polar surface area (TPSA) is 74.7 Å². The first-order valence-electron chi connectivity index (χ1n) is 7.10. The van der Waals surface area contributed by atoms with Crippen LogP contribution >= 0.6 is 0 Å². The standard InChI is InChI=1S/C18H17NO4/c1-10-4-5-11(6-13(10)19)15-9-14(20)18-16(22-3)7-12(21-2)8-17(18)23-15/h4-9H,19H2,1-3H3. The molecule has 0 unspecified atom stereocenters. The molecule has 3 rings (SSSR count). The number of fused-ring (bicyclic) bond motifs is 1. The van der Waals surface area contributed by atoms with Crippen LogP contribution in [0.15, 0.2) is 45.6 Å². The molecule has 0 spiro atoms. The normalized spacial score (nSPS) is 10.7. The maximum atomic E-state index is 12.5. The summed E-state index contributed by atoms with van der Waals surface area (Å²) in [5.41, 5.74) is 8.53. The van der Waals surface area contributed by atoms with Crippen LogP contribution in [-0.2, 0) is 0 Å². The molecule has 0 bridgehead atoms. The van der Waals surface area contributed by atoms with Crippen molar-refractivity contribution in [1.82, 2.24) is 0 Å². The Morgan fingerprint density at radius 1 is 1.04 bits per heavy atom. The van der Waals surface area contributed by atoms with Gasteiger partial charge in [-0.15, -0.1) is 0 Å². The lowest BCUT2D eigenvalue weighted by atomic mass is 10.1. The SMILES string of the molecule is COc1cc(OC)c2c(=O)cc(-c3ccc(C)c(N)c3)oc2c1. The van der Waals surface area contributed by atoms with E-state index in [-0.39, 0.29) is 5.43 Å². The number of nitrogen functional groups attached to an aromatic ring is 1. The molecular formula is C18H17NO4. The van der Waals surface area contributed by atoms with Crippen LogP contribution in [0.25, 0.3) is 22.3 Å². The van der Waals surface area contributed by atoms with Gasteiger partial charge in [-0.3, -0.25) is 4.79 Å². The Balaban J connectivity index is 2.28. The predicted molar refractivity (Wildman–Crippen MR) is 90.2 cm³/mol. The fourth-order valence-electron chi connectivity index (χ4n) is 2.44. The second-order valence-corrected chi connectivity index (χ2v) is 5.25. The molecule has 1 heterocycles. The summed E-state index contributed by atoms with van der Waals surface area (Å²) in [5.74, 6) is 1.42. The monoisotopic (exact) mass is 311 g/mol. The quantitative estimate of drug-likeness (QED) is 0.751. The van der Waals surface area contributed by atoms with Crippen molar-refractivity contribution in [1.29, 1.82) is 0 Å². The summed E-state index contributed by atoms with van der Waals surface area (Å²) in [6.07, 6.45) is 0.